The van der Waals surface area contributed by atoms with Crippen molar-refractivity contribution in [1.82, 2.24) is 4.57 Å². The molecule has 0 fully saturated rings. The first-order valence-electron chi connectivity index (χ1n) is 5.93. The van der Waals surface area contributed by atoms with Crippen molar-refractivity contribution < 1.29 is 0 Å². The van der Waals surface area contributed by atoms with Gasteiger partial charge in [0, 0.05) is 17.6 Å². The number of nitrogens with zero attached hydrogens (tertiary/aromatic N) is 2. The lowest BCUT2D eigenvalue weighted by Crippen LogP contribution is -2.01. The average molecular weight is 224 g/mol. The highest BCUT2D eigenvalue weighted by Crippen LogP contribution is 2.19. The highest BCUT2D eigenvalue weighted by molar-refractivity contribution is 5.47. The summed E-state index contributed by atoms with van der Waals surface area (Å²) in [5.41, 5.74) is 4.34. The quantitative estimate of drug-likeness (QED) is 0.783. The van der Waals surface area contributed by atoms with Gasteiger partial charge in [-0.1, -0.05) is 13.3 Å². The molecule has 0 atom stereocenters. The Kier molecular flexibility index (Phi) is 3.30. The molecule has 2 heteroatoms. The number of aromatic nitrogens is 1. The van der Waals surface area contributed by atoms with Crippen LogP contribution >= 0.6 is 0 Å². The molecule has 2 nitrogen and oxygen atoms in total. The summed E-state index contributed by atoms with van der Waals surface area (Å²) >= 11 is 0. The lowest BCUT2D eigenvalue weighted by molar-refractivity contribution is 0.840. The van der Waals surface area contributed by atoms with Gasteiger partial charge in [0.25, 0.3) is 0 Å². The first-order chi connectivity index (χ1) is 8.26. The van der Waals surface area contributed by atoms with Gasteiger partial charge < -0.3 is 4.57 Å². The Bertz CT molecular complexity index is 559. The van der Waals surface area contributed by atoms with Gasteiger partial charge in [0.1, 0.15) is 0 Å². The third-order valence-electron chi connectivity index (χ3n) is 2.92. The molecule has 0 spiro atoms. The Morgan fingerprint density at radius 3 is 2.76 bits per heavy atom. The van der Waals surface area contributed by atoms with Gasteiger partial charge in [-0.3, -0.25) is 0 Å². The van der Waals surface area contributed by atoms with E-state index in [0.29, 0.717) is 0 Å². The monoisotopic (exact) mass is 224 g/mol. The number of hydrogen-bond acceptors (Lipinski definition) is 1. The maximum Gasteiger partial charge on any atom is 0.0991 e. The van der Waals surface area contributed by atoms with Crippen LogP contribution in [0.4, 0.5) is 0 Å². The number of rotatable bonds is 3. The number of aryl methyl sites for hydroxylation is 2. The predicted molar refractivity (Wildman–Crippen MR) is 69.2 cm³/mol. The van der Waals surface area contributed by atoms with Gasteiger partial charge >= 0.3 is 0 Å². The summed E-state index contributed by atoms with van der Waals surface area (Å²) in [6.45, 7) is 4.23. The van der Waals surface area contributed by atoms with Crippen molar-refractivity contribution in [3.05, 3.63) is 53.3 Å². The lowest BCUT2D eigenvalue weighted by atomic mass is 10.1. The van der Waals surface area contributed by atoms with E-state index >= 15 is 0 Å². The van der Waals surface area contributed by atoms with E-state index in [9.17, 15) is 0 Å². The van der Waals surface area contributed by atoms with Gasteiger partial charge in [0.05, 0.1) is 11.6 Å². The van der Waals surface area contributed by atoms with Crippen LogP contribution in [0.3, 0.4) is 0 Å². The van der Waals surface area contributed by atoms with Gasteiger partial charge in [0.2, 0.25) is 0 Å². The summed E-state index contributed by atoms with van der Waals surface area (Å²) in [4.78, 5) is 0. The van der Waals surface area contributed by atoms with Crippen LogP contribution in [0, 0.1) is 18.3 Å². The summed E-state index contributed by atoms with van der Waals surface area (Å²) in [7, 11) is 0. The minimum Gasteiger partial charge on any atom is -0.321 e. The van der Waals surface area contributed by atoms with Crippen LogP contribution in [0.2, 0.25) is 0 Å². The maximum absolute atomic E-state index is 8.87. The SMILES string of the molecule is CCCc1cccn1-c1ccc(C#N)cc1C. The van der Waals surface area contributed by atoms with Crippen molar-refractivity contribution in [1.29, 1.82) is 5.26 Å². The molecule has 86 valence electrons. The van der Waals surface area contributed by atoms with Crippen molar-refractivity contribution in [3.8, 4) is 11.8 Å². The molecule has 0 N–H and O–H groups in total. The van der Waals surface area contributed by atoms with Crippen LogP contribution in [0.25, 0.3) is 5.69 Å². The van der Waals surface area contributed by atoms with Crippen molar-refractivity contribution in [3.63, 3.8) is 0 Å². The standard InChI is InChI=1S/C15H16N2/c1-3-5-14-6-4-9-17(14)15-8-7-13(11-16)10-12(15)2/h4,6-10H,3,5H2,1-2H3. The van der Waals surface area contributed by atoms with Crippen molar-refractivity contribution in [2.45, 2.75) is 26.7 Å². The van der Waals surface area contributed by atoms with E-state index in [1.807, 2.05) is 25.1 Å². The number of benzene rings is 1. The fraction of sp³-hybridized carbons (Fsp3) is 0.267. The van der Waals surface area contributed by atoms with E-state index in [2.05, 4.69) is 35.9 Å². The number of nitriles is 1. The minimum absolute atomic E-state index is 0.718. The second kappa shape index (κ2) is 4.88. The Morgan fingerprint density at radius 2 is 2.12 bits per heavy atom. The first-order valence-corrected chi connectivity index (χ1v) is 5.93. The topological polar surface area (TPSA) is 28.7 Å². The second-order valence-electron chi connectivity index (χ2n) is 4.23. The van der Waals surface area contributed by atoms with Crippen LogP contribution in [0.1, 0.15) is 30.2 Å². The maximum atomic E-state index is 8.87. The molecule has 0 amide bonds. The smallest absolute Gasteiger partial charge is 0.0991 e. The van der Waals surface area contributed by atoms with E-state index in [4.69, 9.17) is 5.26 Å². The van der Waals surface area contributed by atoms with Gasteiger partial charge in [-0.15, -0.1) is 0 Å². The molecule has 2 aromatic rings. The van der Waals surface area contributed by atoms with Gasteiger partial charge in [-0.25, -0.2) is 0 Å². The highest BCUT2D eigenvalue weighted by Gasteiger charge is 2.05. The minimum atomic E-state index is 0.718. The molecule has 0 radical (unpaired) electrons. The molecule has 2 rings (SSSR count). The fourth-order valence-corrected chi connectivity index (χ4v) is 2.11. The van der Waals surface area contributed by atoms with Crippen LogP contribution in [0.15, 0.2) is 36.5 Å². The van der Waals surface area contributed by atoms with E-state index in [0.717, 1.165) is 29.7 Å². The molecule has 0 bridgehead atoms. The number of hydrogen-bond donors (Lipinski definition) is 0. The fourth-order valence-electron chi connectivity index (χ4n) is 2.11. The van der Waals surface area contributed by atoms with Crippen LogP contribution < -0.4 is 0 Å². The van der Waals surface area contributed by atoms with Crippen molar-refractivity contribution >= 4 is 0 Å². The summed E-state index contributed by atoms with van der Waals surface area (Å²) < 4.78 is 2.21. The van der Waals surface area contributed by atoms with E-state index in [1.165, 1.54) is 5.69 Å². The molecular weight excluding hydrogens is 208 g/mol. The Balaban J connectivity index is 2.46. The van der Waals surface area contributed by atoms with Crippen LogP contribution in [-0.2, 0) is 6.42 Å². The average Bonchev–Trinajstić information content (AvgIpc) is 2.77. The Labute approximate surface area is 102 Å². The van der Waals surface area contributed by atoms with Gasteiger partial charge in [0.15, 0.2) is 0 Å². The summed E-state index contributed by atoms with van der Waals surface area (Å²) in [5, 5.41) is 8.87. The van der Waals surface area contributed by atoms with Crippen molar-refractivity contribution in [2.75, 3.05) is 0 Å². The molecule has 1 heterocycles. The normalized spacial score (nSPS) is 10.2. The molecule has 0 aliphatic carbocycles. The third kappa shape index (κ3) is 2.24. The molecule has 0 aliphatic heterocycles. The zero-order valence-corrected chi connectivity index (χ0v) is 10.3. The van der Waals surface area contributed by atoms with Crippen LogP contribution in [-0.4, -0.2) is 4.57 Å². The zero-order valence-electron chi connectivity index (χ0n) is 10.3. The Morgan fingerprint density at radius 1 is 1.29 bits per heavy atom. The first kappa shape index (κ1) is 11.5. The summed E-state index contributed by atoms with van der Waals surface area (Å²) in [6.07, 6.45) is 4.30. The summed E-state index contributed by atoms with van der Waals surface area (Å²) in [5.74, 6) is 0. The molecule has 0 aliphatic rings. The molecule has 1 aromatic carbocycles. The molecular formula is C15H16N2. The van der Waals surface area contributed by atoms with Gasteiger partial charge in [-0.05, 0) is 49.2 Å². The third-order valence-corrected chi connectivity index (χ3v) is 2.92. The highest BCUT2D eigenvalue weighted by atomic mass is 15.0. The van der Waals surface area contributed by atoms with E-state index in [-0.39, 0.29) is 0 Å². The predicted octanol–water partition coefficient (Wildman–Crippen LogP) is 3.61. The molecule has 1 aromatic heterocycles. The molecule has 17 heavy (non-hydrogen) atoms. The largest absolute Gasteiger partial charge is 0.321 e. The zero-order chi connectivity index (χ0) is 12.3. The molecule has 0 saturated carbocycles. The lowest BCUT2D eigenvalue weighted by Gasteiger charge is -2.11. The van der Waals surface area contributed by atoms with Crippen LogP contribution in [0.5, 0.6) is 0 Å². The summed E-state index contributed by atoms with van der Waals surface area (Å²) in [6, 6.07) is 12.2. The van der Waals surface area contributed by atoms with Crippen molar-refractivity contribution in [2.24, 2.45) is 0 Å². The molecule has 0 unspecified atom stereocenters. The molecule has 0 saturated heterocycles. The van der Waals surface area contributed by atoms with E-state index < -0.39 is 0 Å². The van der Waals surface area contributed by atoms with Gasteiger partial charge in [-0.2, -0.15) is 5.26 Å². The Hall–Kier alpha value is -2.01. The second-order valence-corrected chi connectivity index (χ2v) is 4.23. The van der Waals surface area contributed by atoms with E-state index in [1.54, 1.807) is 0 Å².